The predicted octanol–water partition coefficient (Wildman–Crippen LogP) is -2.42. The minimum atomic E-state index is -1.32. The van der Waals surface area contributed by atoms with Crippen molar-refractivity contribution in [3.63, 3.8) is 0 Å². The molecular weight excluding hydrogens is 568 g/mol. The van der Waals surface area contributed by atoms with Gasteiger partial charge in [-0.3, -0.25) is 0 Å². The van der Waals surface area contributed by atoms with Crippen molar-refractivity contribution < 1.29 is 59.1 Å². The van der Waals surface area contributed by atoms with E-state index in [4.69, 9.17) is 35.2 Å². The van der Waals surface area contributed by atoms with Gasteiger partial charge in [-0.2, -0.15) is 0 Å². The number of aliphatic hydroxyl groups is 6. The Hall–Kier alpha value is -0.850. The molecular formula is C29H54N2O12. The Morgan fingerprint density at radius 2 is 1.40 bits per heavy atom. The van der Waals surface area contributed by atoms with Gasteiger partial charge >= 0.3 is 0 Å². The quantitative estimate of drug-likeness (QED) is 0.0888. The van der Waals surface area contributed by atoms with E-state index in [0.717, 1.165) is 0 Å². The van der Waals surface area contributed by atoms with Crippen LogP contribution in [0.1, 0.15) is 53.4 Å². The summed E-state index contributed by atoms with van der Waals surface area (Å²) in [5.74, 6) is -0.849. The maximum absolute atomic E-state index is 11.3. The Morgan fingerprint density at radius 3 is 1.95 bits per heavy atom. The van der Waals surface area contributed by atoms with E-state index < -0.39 is 85.1 Å². The third-order valence-corrected chi connectivity index (χ3v) is 9.84. The predicted molar refractivity (Wildman–Crippen MR) is 153 cm³/mol. The van der Waals surface area contributed by atoms with E-state index in [2.05, 4.69) is 0 Å². The number of aldehydes is 1. The van der Waals surface area contributed by atoms with Crippen molar-refractivity contribution in [3.8, 4) is 0 Å². The number of aliphatic hydroxyl groups excluding tert-OH is 6. The van der Waals surface area contributed by atoms with Crippen LogP contribution >= 0.6 is 0 Å². The first-order valence-electron chi connectivity index (χ1n) is 15.5. The molecule has 10 N–H and O–H groups in total. The Bertz CT molecular complexity index is 848. The fourth-order valence-corrected chi connectivity index (χ4v) is 6.68. The molecule has 0 radical (unpaired) electrons. The van der Waals surface area contributed by atoms with Gasteiger partial charge in [0, 0.05) is 11.8 Å². The summed E-state index contributed by atoms with van der Waals surface area (Å²) >= 11 is 0. The van der Waals surface area contributed by atoms with E-state index in [1.807, 2.05) is 20.8 Å². The second-order valence-electron chi connectivity index (χ2n) is 12.5. The Labute approximate surface area is 253 Å². The summed E-state index contributed by atoms with van der Waals surface area (Å²) in [7, 11) is 0. The van der Waals surface area contributed by atoms with Gasteiger partial charge < -0.3 is 70.6 Å². The monoisotopic (exact) mass is 622 g/mol. The first-order chi connectivity index (χ1) is 20.4. The molecule has 3 saturated heterocycles. The molecule has 43 heavy (non-hydrogen) atoms. The van der Waals surface area contributed by atoms with Crippen molar-refractivity contribution >= 4 is 6.29 Å². The van der Waals surface area contributed by atoms with Crippen LogP contribution in [0.2, 0.25) is 0 Å². The minimum Gasteiger partial charge on any atom is -0.394 e. The van der Waals surface area contributed by atoms with E-state index in [1.165, 1.54) is 0 Å². The summed E-state index contributed by atoms with van der Waals surface area (Å²) in [6.45, 7) is 6.69. The SMILES string of the molecule is CCC(CC)(C[C@@H]1C(CO)O[C@@H](COC(C)CC2C(O)[C@@H](C=O)O[C@@H]2C)C(N)C1O)OC[C@@H]1OC(CO)[C@@H](O)C(O)C1N. The molecule has 0 aromatic carbocycles. The third-order valence-electron chi connectivity index (χ3n) is 9.84. The summed E-state index contributed by atoms with van der Waals surface area (Å²) in [5, 5.41) is 61.9. The summed E-state index contributed by atoms with van der Waals surface area (Å²) in [6, 6.07) is -1.75. The lowest BCUT2D eigenvalue weighted by Crippen LogP contribution is -2.63. The van der Waals surface area contributed by atoms with Gasteiger partial charge in [0.15, 0.2) is 6.29 Å². The van der Waals surface area contributed by atoms with Crippen molar-refractivity contribution in [2.24, 2.45) is 23.3 Å². The van der Waals surface area contributed by atoms with Crippen molar-refractivity contribution in [2.75, 3.05) is 26.4 Å². The standard InChI is InChI=1S/C29H54N2O12/c1-5-29(6-2,40-13-22-24(31)28(38)27(37)20(11-34)43-22)8-17-18(9-32)42-21(23(30)26(17)36)12-39-14(3)7-16-15(4)41-19(10-33)25(16)35/h10,14-28,32,34-38H,5-9,11-13,30-31H2,1-4H3/t14?,15-,16?,17-,18?,19-,20?,21+,22+,23?,24?,25?,26?,27-,28?/m1/s1. The lowest BCUT2D eigenvalue weighted by atomic mass is 9.76. The Morgan fingerprint density at radius 1 is 0.814 bits per heavy atom. The maximum Gasteiger partial charge on any atom is 0.151 e. The molecule has 0 saturated carbocycles. The van der Waals surface area contributed by atoms with E-state index in [0.29, 0.717) is 32.0 Å². The average molecular weight is 623 g/mol. The van der Waals surface area contributed by atoms with Crippen LogP contribution in [0.3, 0.4) is 0 Å². The van der Waals surface area contributed by atoms with Crippen molar-refractivity contribution in [1.29, 1.82) is 0 Å². The molecule has 0 spiro atoms. The zero-order chi connectivity index (χ0) is 32.1. The van der Waals surface area contributed by atoms with Crippen molar-refractivity contribution in [1.82, 2.24) is 0 Å². The van der Waals surface area contributed by atoms with E-state index in [1.54, 1.807) is 6.92 Å². The fraction of sp³-hybridized carbons (Fsp3) is 0.966. The highest BCUT2D eigenvalue weighted by atomic mass is 16.6. The van der Waals surface area contributed by atoms with Crippen LogP contribution in [0.4, 0.5) is 0 Å². The Kier molecular flexibility index (Phi) is 13.7. The summed E-state index contributed by atoms with van der Waals surface area (Å²) in [5.41, 5.74) is 11.8. The molecule has 3 rings (SSSR count). The molecule has 3 heterocycles. The van der Waals surface area contributed by atoms with Gasteiger partial charge in [0.1, 0.15) is 24.4 Å². The van der Waals surface area contributed by atoms with Gasteiger partial charge in [0.2, 0.25) is 0 Å². The minimum absolute atomic E-state index is 0.0239. The second kappa shape index (κ2) is 16.1. The van der Waals surface area contributed by atoms with Gasteiger partial charge in [-0.25, -0.2) is 0 Å². The van der Waals surface area contributed by atoms with Crippen LogP contribution in [0.25, 0.3) is 0 Å². The van der Waals surface area contributed by atoms with Gasteiger partial charge in [0.25, 0.3) is 0 Å². The first-order valence-corrected chi connectivity index (χ1v) is 15.5. The molecule has 0 aliphatic carbocycles. The second-order valence-corrected chi connectivity index (χ2v) is 12.5. The molecule has 0 bridgehead atoms. The van der Waals surface area contributed by atoms with Crippen LogP contribution in [-0.2, 0) is 28.5 Å². The van der Waals surface area contributed by atoms with Crippen molar-refractivity contribution in [2.45, 2.75) is 138 Å². The molecule has 14 nitrogen and oxygen atoms in total. The van der Waals surface area contributed by atoms with Crippen LogP contribution in [0.5, 0.6) is 0 Å². The molecule has 9 unspecified atom stereocenters. The summed E-state index contributed by atoms with van der Waals surface area (Å²) in [6.07, 6.45) is -6.86. The zero-order valence-corrected chi connectivity index (χ0v) is 25.7. The Balaban J connectivity index is 1.60. The third kappa shape index (κ3) is 8.30. The van der Waals surface area contributed by atoms with Gasteiger partial charge in [-0.15, -0.1) is 0 Å². The van der Waals surface area contributed by atoms with Gasteiger partial charge in [-0.05, 0) is 39.5 Å². The van der Waals surface area contributed by atoms with Crippen LogP contribution in [0.15, 0.2) is 0 Å². The number of hydrogen-bond donors (Lipinski definition) is 8. The highest BCUT2D eigenvalue weighted by Crippen LogP contribution is 2.38. The molecule has 0 aromatic rings. The lowest BCUT2D eigenvalue weighted by Gasteiger charge is -2.47. The number of nitrogens with two attached hydrogens (primary N) is 2. The molecule has 252 valence electrons. The molecule has 3 aliphatic heterocycles. The van der Waals surface area contributed by atoms with E-state index >= 15 is 0 Å². The number of rotatable bonds is 15. The highest BCUT2D eigenvalue weighted by Gasteiger charge is 2.48. The lowest BCUT2D eigenvalue weighted by molar-refractivity contribution is -0.221. The topological polar surface area (TPSA) is 237 Å². The van der Waals surface area contributed by atoms with Crippen LogP contribution < -0.4 is 11.5 Å². The maximum atomic E-state index is 11.3. The van der Waals surface area contributed by atoms with Gasteiger partial charge in [0.05, 0.1) is 86.8 Å². The molecule has 0 amide bonds. The molecule has 3 fully saturated rings. The normalized spacial score (nSPS) is 43.1. The molecule has 15 atom stereocenters. The first kappa shape index (κ1) is 36.6. The molecule has 14 heteroatoms. The number of ether oxygens (including phenoxy) is 5. The van der Waals surface area contributed by atoms with E-state index in [-0.39, 0.29) is 37.9 Å². The van der Waals surface area contributed by atoms with Crippen molar-refractivity contribution in [3.05, 3.63) is 0 Å². The van der Waals surface area contributed by atoms with Crippen LogP contribution in [0, 0.1) is 11.8 Å². The molecule has 3 aliphatic rings. The van der Waals surface area contributed by atoms with E-state index in [9.17, 15) is 35.4 Å². The van der Waals surface area contributed by atoms with Crippen LogP contribution in [-0.4, -0.2) is 148 Å². The highest BCUT2D eigenvalue weighted by molar-refractivity contribution is 5.57. The average Bonchev–Trinajstić information content (AvgIpc) is 3.28. The largest absolute Gasteiger partial charge is 0.394 e. The fourth-order valence-electron chi connectivity index (χ4n) is 6.68. The smallest absolute Gasteiger partial charge is 0.151 e. The number of hydrogen-bond acceptors (Lipinski definition) is 14. The molecule has 0 aromatic heterocycles. The summed E-state index contributed by atoms with van der Waals surface area (Å²) in [4.78, 5) is 11.1. The number of carbonyl (C=O) groups is 1. The van der Waals surface area contributed by atoms with Gasteiger partial charge in [-0.1, -0.05) is 13.8 Å². The zero-order valence-electron chi connectivity index (χ0n) is 25.7. The summed E-state index contributed by atoms with van der Waals surface area (Å²) < 4.78 is 29.7. The number of carbonyl (C=O) groups excluding carboxylic acids is 1.